The molecule has 0 aliphatic heterocycles. The lowest BCUT2D eigenvalue weighted by Crippen LogP contribution is -2.35. The van der Waals surface area contributed by atoms with E-state index in [1.165, 1.54) is 18.4 Å². The topological polar surface area (TPSA) is 55.1 Å². The monoisotopic (exact) mass is 248 g/mol. The van der Waals surface area contributed by atoms with Crippen LogP contribution in [0.5, 0.6) is 0 Å². The van der Waals surface area contributed by atoms with Crippen molar-refractivity contribution in [1.82, 2.24) is 0 Å². The number of primary amides is 1. The molecule has 1 rings (SSSR count). The second-order valence-electron chi connectivity index (χ2n) is 4.81. The minimum absolute atomic E-state index is 0.260. The molecule has 100 valence electrons. The maximum Gasteiger partial charge on any atom is 0.239 e. The molecule has 3 nitrogen and oxygen atoms in total. The van der Waals surface area contributed by atoms with Crippen molar-refractivity contribution in [2.45, 2.75) is 52.0 Å². The lowest BCUT2D eigenvalue weighted by atomic mass is 10.1. The Bertz CT molecular complexity index is 359. The number of unbranched alkanes of at least 4 members (excludes halogenated alkanes) is 3. The van der Waals surface area contributed by atoms with Gasteiger partial charge in [0, 0.05) is 5.69 Å². The van der Waals surface area contributed by atoms with Crippen LogP contribution in [0.1, 0.15) is 44.6 Å². The van der Waals surface area contributed by atoms with Crippen molar-refractivity contribution in [3.8, 4) is 0 Å². The van der Waals surface area contributed by atoms with Gasteiger partial charge in [0.05, 0.1) is 0 Å². The number of amides is 1. The van der Waals surface area contributed by atoms with Gasteiger partial charge in [0.1, 0.15) is 6.04 Å². The zero-order valence-electron chi connectivity index (χ0n) is 11.4. The van der Waals surface area contributed by atoms with Crippen molar-refractivity contribution in [1.29, 1.82) is 0 Å². The SMILES string of the molecule is CCCCCCC(Nc1ccc(C)cc1)C(N)=O. The number of rotatable bonds is 8. The summed E-state index contributed by atoms with van der Waals surface area (Å²) in [5.41, 5.74) is 7.59. The van der Waals surface area contributed by atoms with E-state index < -0.39 is 0 Å². The number of hydrogen-bond acceptors (Lipinski definition) is 2. The third-order valence-corrected chi connectivity index (χ3v) is 3.08. The van der Waals surface area contributed by atoms with E-state index in [-0.39, 0.29) is 11.9 Å². The van der Waals surface area contributed by atoms with Crippen molar-refractivity contribution in [3.63, 3.8) is 0 Å². The summed E-state index contributed by atoms with van der Waals surface area (Å²) < 4.78 is 0. The van der Waals surface area contributed by atoms with Crippen molar-refractivity contribution >= 4 is 11.6 Å². The molecule has 1 aromatic carbocycles. The number of benzene rings is 1. The molecule has 1 aromatic rings. The van der Waals surface area contributed by atoms with Crippen molar-refractivity contribution < 1.29 is 4.79 Å². The fraction of sp³-hybridized carbons (Fsp3) is 0.533. The van der Waals surface area contributed by atoms with Gasteiger partial charge in [-0.05, 0) is 25.5 Å². The van der Waals surface area contributed by atoms with Gasteiger partial charge in [0.15, 0.2) is 0 Å². The second-order valence-corrected chi connectivity index (χ2v) is 4.81. The third kappa shape index (κ3) is 5.21. The molecule has 0 radical (unpaired) electrons. The highest BCUT2D eigenvalue weighted by Gasteiger charge is 2.14. The quantitative estimate of drug-likeness (QED) is 0.694. The average Bonchev–Trinajstić information content (AvgIpc) is 2.35. The Morgan fingerprint density at radius 3 is 2.44 bits per heavy atom. The highest BCUT2D eigenvalue weighted by molar-refractivity contribution is 5.82. The predicted molar refractivity (Wildman–Crippen MR) is 76.5 cm³/mol. The van der Waals surface area contributed by atoms with Crippen LogP contribution >= 0.6 is 0 Å². The average molecular weight is 248 g/mol. The van der Waals surface area contributed by atoms with E-state index in [1.807, 2.05) is 31.2 Å². The Morgan fingerprint density at radius 1 is 1.22 bits per heavy atom. The predicted octanol–water partition coefficient (Wildman–Crippen LogP) is 3.23. The summed E-state index contributed by atoms with van der Waals surface area (Å²) in [5, 5.41) is 3.21. The summed E-state index contributed by atoms with van der Waals surface area (Å²) >= 11 is 0. The first-order valence-electron chi connectivity index (χ1n) is 6.76. The number of nitrogens with two attached hydrogens (primary N) is 1. The maximum atomic E-state index is 11.4. The number of carbonyl (C=O) groups is 1. The van der Waals surface area contributed by atoms with Crippen molar-refractivity contribution in [2.24, 2.45) is 5.73 Å². The molecular formula is C15H24N2O. The van der Waals surface area contributed by atoms with Crippen molar-refractivity contribution in [2.75, 3.05) is 5.32 Å². The van der Waals surface area contributed by atoms with E-state index in [0.29, 0.717) is 0 Å². The minimum atomic E-state index is -0.271. The summed E-state index contributed by atoms with van der Waals surface area (Å²) in [6.07, 6.45) is 5.43. The van der Waals surface area contributed by atoms with Gasteiger partial charge in [0.2, 0.25) is 5.91 Å². The molecule has 18 heavy (non-hydrogen) atoms. The van der Waals surface area contributed by atoms with Gasteiger partial charge in [-0.1, -0.05) is 50.3 Å². The first-order chi connectivity index (χ1) is 8.63. The molecule has 1 unspecified atom stereocenters. The number of hydrogen-bond donors (Lipinski definition) is 2. The summed E-state index contributed by atoms with van der Waals surface area (Å²) in [4.78, 5) is 11.4. The van der Waals surface area contributed by atoms with E-state index in [9.17, 15) is 4.79 Å². The van der Waals surface area contributed by atoms with Gasteiger partial charge in [-0.3, -0.25) is 4.79 Å². The molecule has 3 N–H and O–H groups in total. The van der Waals surface area contributed by atoms with E-state index in [0.717, 1.165) is 24.9 Å². The molecule has 0 aromatic heterocycles. The van der Waals surface area contributed by atoms with E-state index in [1.54, 1.807) is 0 Å². The van der Waals surface area contributed by atoms with Gasteiger partial charge < -0.3 is 11.1 Å². The number of nitrogens with one attached hydrogen (secondary N) is 1. The minimum Gasteiger partial charge on any atom is -0.374 e. The normalized spacial score (nSPS) is 12.1. The van der Waals surface area contributed by atoms with Gasteiger partial charge in [0.25, 0.3) is 0 Å². The van der Waals surface area contributed by atoms with Crippen LogP contribution in [-0.2, 0) is 4.79 Å². The Morgan fingerprint density at radius 2 is 1.89 bits per heavy atom. The molecule has 3 heteroatoms. The largest absolute Gasteiger partial charge is 0.374 e. The lowest BCUT2D eigenvalue weighted by Gasteiger charge is -2.16. The number of carbonyl (C=O) groups excluding carboxylic acids is 1. The van der Waals surface area contributed by atoms with Crippen molar-refractivity contribution in [3.05, 3.63) is 29.8 Å². The Hall–Kier alpha value is -1.51. The summed E-state index contributed by atoms with van der Waals surface area (Å²) in [6, 6.07) is 7.76. The molecular weight excluding hydrogens is 224 g/mol. The molecule has 0 aliphatic carbocycles. The van der Waals surface area contributed by atoms with E-state index >= 15 is 0 Å². The first-order valence-corrected chi connectivity index (χ1v) is 6.76. The molecule has 0 bridgehead atoms. The van der Waals surface area contributed by atoms with Gasteiger partial charge in [-0.15, -0.1) is 0 Å². The number of aryl methyl sites for hydroxylation is 1. The summed E-state index contributed by atoms with van der Waals surface area (Å²) in [5.74, 6) is -0.271. The molecule has 0 spiro atoms. The lowest BCUT2D eigenvalue weighted by molar-refractivity contribution is -0.118. The van der Waals surface area contributed by atoms with Gasteiger partial charge in [-0.2, -0.15) is 0 Å². The first kappa shape index (κ1) is 14.6. The highest BCUT2D eigenvalue weighted by Crippen LogP contribution is 2.13. The molecule has 0 aliphatic rings. The molecule has 0 saturated heterocycles. The van der Waals surface area contributed by atoms with E-state index in [4.69, 9.17) is 5.73 Å². The van der Waals surface area contributed by atoms with Crippen LogP contribution in [0.4, 0.5) is 5.69 Å². The van der Waals surface area contributed by atoms with Crippen LogP contribution < -0.4 is 11.1 Å². The third-order valence-electron chi connectivity index (χ3n) is 3.08. The Labute approximate surface area is 110 Å². The van der Waals surface area contributed by atoms with Crippen LogP contribution in [0.2, 0.25) is 0 Å². The molecule has 0 fully saturated rings. The molecule has 0 heterocycles. The zero-order chi connectivity index (χ0) is 13.4. The summed E-state index contributed by atoms with van der Waals surface area (Å²) in [7, 11) is 0. The van der Waals surface area contributed by atoms with E-state index in [2.05, 4.69) is 12.2 Å². The Kier molecular flexibility index (Phi) is 6.26. The van der Waals surface area contributed by atoms with Gasteiger partial charge in [-0.25, -0.2) is 0 Å². The molecule has 0 saturated carbocycles. The maximum absolute atomic E-state index is 11.4. The standard InChI is InChI=1S/C15H24N2O/c1-3-4-5-6-7-14(15(16)18)17-13-10-8-12(2)9-11-13/h8-11,14,17H,3-7H2,1-2H3,(H2,16,18). The van der Waals surface area contributed by atoms with Crippen LogP contribution in [0.3, 0.4) is 0 Å². The fourth-order valence-electron chi connectivity index (χ4n) is 1.91. The van der Waals surface area contributed by atoms with Crippen LogP contribution in [-0.4, -0.2) is 11.9 Å². The van der Waals surface area contributed by atoms with Gasteiger partial charge >= 0.3 is 0 Å². The number of anilines is 1. The Balaban J connectivity index is 2.47. The molecule has 1 atom stereocenters. The van der Waals surface area contributed by atoms with Crippen LogP contribution in [0, 0.1) is 6.92 Å². The fourth-order valence-corrected chi connectivity index (χ4v) is 1.91. The zero-order valence-corrected chi connectivity index (χ0v) is 11.4. The summed E-state index contributed by atoms with van der Waals surface area (Å²) in [6.45, 7) is 4.22. The van der Waals surface area contributed by atoms with Crippen LogP contribution in [0.15, 0.2) is 24.3 Å². The second kappa shape index (κ2) is 7.75. The molecule has 1 amide bonds. The smallest absolute Gasteiger partial charge is 0.239 e. The highest BCUT2D eigenvalue weighted by atomic mass is 16.1. The van der Waals surface area contributed by atoms with Crippen LogP contribution in [0.25, 0.3) is 0 Å².